The van der Waals surface area contributed by atoms with Gasteiger partial charge in [0.15, 0.2) is 0 Å². The van der Waals surface area contributed by atoms with Crippen molar-refractivity contribution in [1.82, 2.24) is 4.90 Å². The lowest BCUT2D eigenvalue weighted by Crippen LogP contribution is -2.64. The number of phenolic OH excluding ortho intramolecular Hbond substituents is 1. The van der Waals surface area contributed by atoms with Crippen LogP contribution >= 0.6 is 0 Å². The van der Waals surface area contributed by atoms with E-state index in [0.717, 1.165) is 38.1 Å². The second-order valence-electron chi connectivity index (χ2n) is 7.73. The average molecular weight is 315 g/mol. The molecule has 0 amide bonds. The number of hydrogen-bond acceptors (Lipinski definition) is 3. The Hall–Kier alpha value is -1.32. The lowest BCUT2D eigenvalue weighted by atomic mass is 9.51. The van der Waals surface area contributed by atoms with Gasteiger partial charge in [-0.15, -0.1) is 6.58 Å². The van der Waals surface area contributed by atoms with Gasteiger partial charge in [-0.2, -0.15) is 0 Å². The van der Waals surface area contributed by atoms with Crippen molar-refractivity contribution in [2.75, 3.05) is 26.3 Å². The highest BCUT2D eigenvalue weighted by molar-refractivity contribution is 5.48. The molecule has 1 aromatic carbocycles. The highest BCUT2D eigenvalue weighted by Gasteiger charge is 2.56. The normalized spacial score (nSPS) is 29.1. The highest BCUT2D eigenvalue weighted by atomic mass is 16.5. The predicted octanol–water partition coefficient (Wildman–Crippen LogP) is 3.51. The fourth-order valence-corrected chi connectivity index (χ4v) is 4.65. The van der Waals surface area contributed by atoms with Gasteiger partial charge in [-0.3, -0.25) is 4.90 Å². The van der Waals surface area contributed by atoms with Crippen molar-refractivity contribution in [3.8, 4) is 5.75 Å². The molecule has 1 saturated heterocycles. The third-order valence-electron chi connectivity index (χ3n) is 6.50. The minimum absolute atomic E-state index is 0.114. The van der Waals surface area contributed by atoms with Crippen LogP contribution in [-0.4, -0.2) is 42.4 Å². The SMILES string of the molecule is C=CCOCCN1CCC2(C)c3cccc(O)c3C[C@@H]1C2(C)C. The van der Waals surface area contributed by atoms with Crippen molar-refractivity contribution < 1.29 is 9.84 Å². The molecule has 3 rings (SSSR count). The van der Waals surface area contributed by atoms with Crippen LogP contribution < -0.4 is 0 Å². The lowest BCUT2D eigenvalue weighted by Gasteiger charge is -2.61. The maximum absolute atomic E-state index is 10.4. The number of phenols is 1. The number of nitrogens with zero attached hydrogens (tertiary/aromatic N) is 1. The summed E-state index contributed by atoms with van der Waals surface area (Å²) in [5, 5.41) is 10.4. The van der Waals surface area contributed by atoms with Crippen molar-refractivity contribution in [2.24, 2.45) is 5.41 Å². The molecule has 126 valence electrons. The van der Waals surface area contributed by atoms with E-state index in [2.05, 4.69) is 38.3 Å². The van der Waals surface area contributed by atoms with Crippen LogP contribution in [0.15, 0.2) is 30.9 Å². The maximum Gasteiger partial charge on any atom is 0.119 e. The molecule has 2 aliphatic rings. The molecule has 0 saturated carbocycles. The van der Waals surface area contributed by atoms with Crippen molar-refractivity contribution in [2.45, 2.75) is 45.1 Å². The molecule has 2 bridgehead atoms. The summed E-state index contributed by atoms with van der Waals surface area (Å²) in [7, 11) is 0. The Labute approximate surface area is 140 Å². The van der Waals surface area contributed by atoms with Gasteiger partial charge in [-0.05, 0) is 42.0 Å². The Balaban J connectivity index is 1.90. The summed E-state index contributed by atoms with van der Waals surface area (Å²) in [5.74, 6) is 0.457. The van der Waals surface area contributed by atoms with Crippen molar-refractivity contribution >= 4 is 0 Å². The van der Waals surface area contributed by atoms with Crippen LogP contribution in [0.3, 0.4) is 0 Å². The molecule has 3 nitrogen and oxygen atoms in total. The second-order valence-corrected chi connectivity index (χ2v) is 7.73. The largest absolute Gasteiger partial charge is 0.508 e. The number of hydrogen-bond donors (Lipinski definition) is 1. The molecule has 0 aromatic heterocycles. The van der Waals surface area contributed by atoms with Crippen LogP contribution in [0.4, 0.5) is 0 Å². The highest BCUT2D eigenvalue weighted by Crippen LogP contribution is 2.56. The zero-order valence-corrected chi connectivity index (χ0v) is 14.6. The Morgan fingerprint density at radius 2 is 2.17 bits per heavy atom. The third-order valence-corrected chi connectivity index (χ3v) is 6.50. The summed E-state index contributed by atoms with van der Waals surface area (Å²) < 4.78 is 5.60. The zero-order chi connectivity index (χ0) is 16.7. The van der Waals surface area contributed by atoms with Gasteiger partial charge < -0.3 is 9.84 Å². The molecule has 1 aromatic rings. The molecule has 1 unspecified atom stereocenters. The second kappa shape index (κ2) is 5.95. The molecule has 1 heterocycles. The van der Waals surface area contributed by atoms with Crippen LogP contribution in [0.1, 0.15) is 38.3 Å². The van der Waals surface area contributed by atoms with Gasteiger partial charge in [0.05, 0.1) is 13.2 Å². The Bertz CT molecular complexity index is 595. The van der Waals surface area contributed by atoms with E-state index in [0.29, 0.717) is 18.4 Å². The summed E-state index contributed by atoms with van der Waals surface area (Å²) in [6, 6.07) is 6.48. The molecular formula is C20H29NO2. The van der Waals surface area contributed by atoms with E-state index in [1.54, 1.807) is 6.08 Å². The van der Waals surface area contributed by atoms with E-state index in [-0.39, 0.29) is 10.8 Å². The number of aromatic hydroxyl groups is 1. The smallest absolute Gasteiger partial charge is 0.119 e. The molecular weight excluding hydrogens is 286 g/mol. The number of piperidine rings is 1. The molecule has 2 atom stereocenters. The number of benzene rings is 1. The predicted molar refractivity (Wildman–Crippen MR) is 93.9 cm³/mol. The zero-order valence-electron chi connectivity index (χ0n) is 14.6. The number of rotatable bonds is 5. The molecule has 1 aliphatic heterocycles. The summed E-state index contributed by atoms with van der Waals surface area (Å²) >= 11 is 0. The average Bonchev–Trinajstić information content (AvgIpc) is 2.50. The van der Waals surface area contributed by atoms with Crippen LogP contribution in [0.5, 0.6) is 5.75 Å². The fraction of sp³-hybridized carbons (Fsp3) is 0.600. The maximum atomic E-state index is 10.4. The van der Waals surface area contributed by atoms with E-state index in [1.807, 2.05) is 12.1 Å². The molecule has 1 N–H and O–H groups in total. The van der Waals surface area contributed by atoms with Gasteiger partial charge in [0, 0.05) is 18.0 Å². The van der Waals surface area contributed by atoms with E-state index in [1.165, 1.54) is 5.56 Å². The van der Waals surface area contributed by atoms with Gasteiger partial charge in [-0.1, -0.05) is 39.0 Å². The van der Waals surface area contributed by atoms with E-state index >= 15 is 0 Å². The molecule has 1 fully saturated rings. The van der Waals surface area contributed by atoms with Crippen LogP contribution in [0.2, 0.25) is 0 Å². The molecule has 0 radical (unpaired) electrons. The van der Waals surface area contributed by atoms with E-state index < -0.39 is 0 Å². The first kappa shape index (κ1) is 16.5. The first-order chi connectivity index (χ1) is 10.9. The van der Waals surface area contributed by atoms with Crippen LogP contribution in [-0.2, 0) is 16.6 Å². The topological polar surface area (TPSA) is 32.7 Å². The monoisotopic (exact) mass is 315 g/mol. The van der Waals surface area contributed by atoms with Gasteiger partial charge >= 0.3 is 0 Å². The molecule has 3 heteroatoms. The quantitative estimate of drug-likeness (QED) is 0.667. The van der Waals surface area contributed by atoms with Crippen molar-refractivity contribution in [1.29, 1.82) is 0 Å². The Kier molecular flexibility index (Phi) is 4.28. The summed E-state index contributed by atoms with van der Waals surface area (Å²) in [6.45, 7) is 14.2. The first-order valence-corrected chi connectivity index (χ1v) is 8.66. The lowest BCUT2D eigenvalue weighted by molar-refractivity contribution is -0.0473. The van der Waals surface area contributed by atoms with E-state index in [9.17, 15) is 5.11 Å². The Morgan fingerprint density at radius 1 is 1.39 bits per heavy atom. The number of likely N-dealkylation sites (tertiary alicyclic amines) is 1. The summed E-state index contributed by atoms with van der Waals surface area (Å²) in [6.07, 6.45) is 3.84. The molecule has 23 heavy (non-hydrogen) atoms. The minimum atomic E-state index is 0.114. The standard InChI is InChI=1S/C20H29NO2/c1-5-12-23-13-11-21-10-9-20(4)16-7-6-8-17(22)15(16)14-18(21)19(20,2)3/h5-8,18,22H,1,9-14H2,2-4H3/t18-,20?/m1/s1. The van der Waals surface area contributed by atoms with Gasteiger partial charge in [0.25, 0.3) is 0 Å². The van der Waals surface area contributed by atoms with E-state index in [4.69, 9.17) is 4.74 Å². The van der Waals surface area contributed by atoms with Crippen molar-refractivity contribution in [3.63, 3.8) is 0 Å². The molecule has 1 aliphatic carbocycles. The fourth-order valence-electron chi connectivity index (χ4n) is 4.65. The minimum Gasteiger partial charge on any atom is -0.508 e. The number of fused-ring (bicyclic) bond motifs is 4. The van der Waals surface area contributed by atoms with Gasteiger partial charge in [0.2, 0.25) is 0 Å². The van der Waals surface area contributed by atoms with Crippen LogP contribution in [0, 0.1) is 5.41 Å². The third kappa shape index (κ3) is 2.50. The van der Waals surface area contributed by atoms with Crippen molar-refractivity contribution in [3.05, 3.63) is 42.0 Å². The van der Waals surface area contributed by atoms with Crippen LogP contribution in [0.25, 0.3) is 0 Å². The van der Waals surface area contributed by atoms with Gasteiger partial charge in [0.1, 0.15) is 5.75 Å². The number of ether oxygens (including phenoxy) is 1. The Morgan fingerprint density at radius 3 is 2.91 bits per heavy atom. The van der Waals surface area contributed by atoms with Gasteiger partial charge in [-0.25, -0.2) is 0 Å². The molecule has 0 spiro atoms. The summed E-state index contributed by atoms with van der Waals surface area (Å²) in [4.78, 5) is 2.56. The first-order valence-electron chi connectivity index (χ1n) is 8.66. The summed E-state index contributed by atoms with van der Waals surface area (Å²) in [5.41, 5.74) is 2.78.